The van der Waals surface area contributed by atoms with Crippen LogP contribution in [0.25, 0.3) is 0 Å². The topological polar surface area (TPSA) is 66.4 Å². The highest BCUT2D eigenvalue weighted by Gasteiger charge is 2.25. The van der Waals surface area contributed by atoms with Gasteiger partial charge in [-0.05, 0) is 12.5 Å². The van der Waals surface area contributed by atoms with Crippen LogP contribution >= 0.6 is 0 Å². The smallest absolute Gasteiger partial charge is 0.326 e. The molecule has 2 N–H and O–H groups in total. The molecule has 0 spiro atoms. The Labute approximate surface area is 105 Å². The van der Waals surface area contributed by atoms with Gasteiger partial charge in [0, 0.05) is 0 Å². The largest absolute Gasteiger partial charge is 0.480 e. The monoisotopic (exact) mass is 279 g/mol. The molecule has 104 valence electrons. The lowest BCUT2D eigenvalue weighted by atomic mass is 10.1. The van der Waals surface area contributed by atoms with Gasteiger partial charge in [-0.2, -0.15) is 0 Å². The molecule has 1 unspecified atom stereocenters. The highest BCUT2D eigenvalue weighted by Crippen LogP contribution is 2.18. The first kappa shape index (κ1) is 14.9. The van der Waals surface area contributed by atoms with Crippen molar-refractivity contribution in [2.45, 2.75) is 19.4 Å². The zero-order chi connectivity index (χ0) is 14.7. The maximum Gasteiger partial charge on any atom is 0.326 e. The Morgan fingerprint density at radius 3 is 2.26 bits per heavy atom. The number of carbonyl (C=O) groups excluding carboxylic acids is 1. The molecule has 8 heteroatoms. The number of carboxylic acid groups (broad SMARTS) is 1. The fraction of sp³-hybridized carbons (Fsp3) is 0.273. The third kappa shape index (κ3) is 3.01. The van der Waals surface area contributed by atoms with Gasteiger partial charge >= 0.3 is 5.97 Å². The maximum atomic E-state index is 13.3. The molecule has 0 radical (unpaired) electrons. The van der Waals surface area contributed by atoms with Crippen LogP contribution in [-0.4, -0.2) is 23.0 Å². The van der Waals surface area contributed by atoms with Gasteiger partial charge in [-0.3, -0.25) is 4.79 Å². The predicted octanol–water partition coefficient (Wildman–Crippen LogP) is 1.84. The predicted molar refractivity (Wildman–Crippen MR) is 55.5 cm³/mol. The fourth-order valence-corrected chi connectivity index (χ4v) is 1.31. The summed E-state index contributed by atoms with van der Waals surface area (Å²) in [6.45, 7) is 1.43. The summed E-state index contributed by atoms with van der Waals surface area (Å²) < 4.78 is 51.7. The Morgan fingerprint density at radius 1 is 1.21 bits per heavy atom. The Hall–Kier alpha value is -2.12. The molecule has 0 aliphatic carbocycles. The summed E-state index contributed by atoms with van der Waals surface area (Å²) >= 11 is 0. The highest BCUT2D eigenvalue weighted by molar-refractivity contribution is 5.96. The van der Waals surface area contributed by atoms with Gasteiger partial charge in [-0.1, -0.05) is 6.92 Å². The van der Waals surface area contributed by atoms with Gasteiger partial charge in [-0.15, -0.1) is 0 Å². The Morgan fingerprint density at radius 2 is 1.79 bits per heavy atom. The van der Waals surface area contributed by atoms with E-state index in [9.17, 15) is 27.2 Å². The quantitative estimate of drug-likeness (QED) is 0.502. The molecule has 0 heterocycles. The summed E-state index contributed by atoms with van der Waals surface area (Å²) in [5.41, 5.74) is -1.10. The van der Waals surface area contributed by atoms with Crippen LogP contribution < -0.4 is 5.32 Å². The SMILES string of the molecule is CCC(NC(=O)c1cc(F)c(F)c(F)c1F)C(=O)O. The molecule has 0 aliphatic rings. The van der Waals surface area contributed by atoms with E-state index < -0.39 is 46.8 Å². The van der Waals surface area contributed by atoms with E-state index >= 15 is 0 Å². The molecule has 0 saturated heterocycles. The van der Waals surface area contributed by atoms with Crippen molar-refractivity contribution in [3.05, 3.63) is 34.9 Å². The summed E-state index contributed by atoms with van der Waals surface area (Å²) in [4.78, 5) is 22.1. The lowest BCUT2D eigenvalue weighted by Crippen LogP contribution is -2.40. The fourth-order valence-electron chi connectivity index (χ4n) is 1.31. The van der Waals surface area contributed by atoms with E-state index in [-0.39, 0.29) is 12.5 Å². The van der Waals surface area contributed by atoms with E-state index in [1.807, 2.05) is 5.32 Å². The van der Waals surface area contributed by atoms with Crippen molar-refractivity contribution in [2.75, 3.05) is 0 Å². The molecule has 0 fully saturated rings. The molecule has 0 bridgehead atoms. The van der Waals surface area contributed by atoms with Crippen molar-refractivity contribution in [2.24, 2.45) is 0 Å². The average molecular weight is 279 g/mol. The van der Waals surface area contributed by atoms with Crippen LogP contribution in [0.1, 0.15) is 23.7 Å². The van der Waals surface area contributed by atoms with Crippen molar-refractivity contribution in [3.8, 4) is 0 Å². The van der Waals surface area contributed by atoms with Gasteiger partial charge in [0.05, 0.1) is 5.56 Å². The summed E-state index contributed by atoms with van der Waals surface area (Å²) in [5, 5.41) is 10.5. The molecular weight excluding hydrogens is 270 g/mol. The lowest BCUT2D eigenvalue weighted by Gasteiger charge is -2.13. The molecule has 1 amide bonds. The van der Waals surface area contributed by atoms with Crippen LogP contribution in [-0.2, 0) is 4.79 Å². The minimum absolute atomic E-state index is 0.0190. The van der Waals surface area contributed by atoms with Crippen LogP contribution in [0.4, 0.5) is 17.6 Å². The molecule has 1 rings (SSSR count). The van der Waals surface area contributed by atoms with Crippen molar-refractivity contribution >= 4 is 11.9 Å². The van der Waals surface area contributed by atoms with Crippen molar-refractivity contribution in [3.63, 3.8) is 0 Å². The van der Waals surface area contributed by atoms with Gasteiger partial charge in [0.15, 0.2) is 23.3 Å². The molecule has 4 nitrogen and oxygen atoms in total. The summed E-state index contributed by atoms with van der Waals surface area (Å²) in [5.74, 6) is -10.5. The number of aliphatic carboxylic acids is 1. The van der Waals surface area contributed by atoms with Crippen LogP contribution in [0.3, 0.4) is 0 Å². The summed E-state index contributed by atoms with van der Waals surface area (Å²) in [6.07, 6.45) is -0.0190. The van der Waals surface area contributed by atoms with E-state index in [1.54, 1.807) is 0 Å². The normalized spacial score (nSPS) is 12.1. The molecule has 0 aromatic heterocycles. The second kappa shape index (κ2) is 5.68. The number of rotatable bonds is 4. The molecule has 0 aliphatic heterocycles. The highest BCUT2D eigenvalue weighted by atomic mass is 19.2. The first-order chi connectivity index (χ1) is 8.79. The number of carbonyl (C=O) groups is 2. The second-order valence-corrected chi connectivity index (χ2v) is 3.62. The first-order valence-corrected chi connectivity index (χ1v) is 5.16. The van der Waals surface area contributed by atoms with Gasteiger partial charge in [0.1, 0.15) is 6.04 Å². The van der Waals surface area contributed by atoms with Crippen LogP contribution in [0.15, 0.2) is 6.07 Å². The van der Waals surface area contributed by atoms with E-state index in [0.717, 1.165) is 0 Å². The van der Waals surface area contributed by atoms with Crippen molar-refractivity contribution < 1.29 is 32.3 Å². The number of hydrogen-bond acceptors (Lipinski definition) is 2. The minimum Gasteiger partial charge on any atom is -0.480 e. The number of nitrogens with one attached hydrogen (secondary N) is 1. The van der Waals surface area contributed by atoms with Gasteiger partial charge in [-0.25, -0.2) is 22.4 Å². The number of benzene rings is 1. The molecule has 1 atom stereocenters. The van der Waals surface area contributed by atoms with Crippen molar-refractivity contribution in [1.82, 2.24) is 5.32 Å². The standard InChI is InChI=1S/C11H9F4NO3/c1-2-6(11(18)19)16-10(17)4-3-5(12)8(14)9(15)7(4)13/h3,6H,2H2,1H3,(H,16,17)(H,18,19). The average Bonchev–Trinajstić information content (AvgIpc) is 2.36. The number of amides is 1. The van der Waals surface area contributed by atoms with E-state index in [4.69, 9.17) is 5.11 Å². The zero-order valence-electron chi connectivity index (χ0n) is 9.64. The summed E-state index contributed by atoms with van der Waals surface area (Å²) in [7, 11) is 0. The molecular formula is C11H9F4NO3. The second-order valence-electron chi connectivity index (χ2n) is 3.62. The first-order valence-electron chi connectivity index (χ1n) is 5.16. The Kier molecular flexibility index (Phi) is 4.47. The Balaban J connectivity index is 3.11. The molecule has 1 aromatic rings. The van der Waals surface area contributed by atoms with Gasteiger partial charge in [0.2, 0.25) is 0 Å². The van der Waals surface area contributed by atoms with E-state index in [0.29, 0.717) is 0 Å². The number of halogens is 4. The molecule has 1 aromatic carbocycles. The van der Waals surface area contributed by atoms with Gasteiger partial charge < -0.3 is 10.4 Å². The third-order valence-corrected chi connectivity index (χ3v) is 2.36. The molecule has 19 heavy (non-hydrogen) atoms. The number of carboxylic acids is 1. The Bertz CT molecular complexity index is 533. The number of hydrogen-bond donors (Lipinski definition) is 2. The third-order valence-electron chi connectivity index (χ3n) is 2.36. The van der Waals surface area contributed by atoms with E-state index in [2.05, 4.69) is 0 Å². The van der Waals surface area contributed by atoms with Crippen LogP contribution in [0.5, 0.6) is 0 Å². The van der Waals surface area contributed by atoms with Crippen LogP contribution in [0, 0.1) is 23.3 Å². The lowest BCUT2D eigenvalue weighted by molar-refractivity contribution is -0.139. The minimum atomic E-state index is -2.13. The molecule has 0 saturated carbocycles. The van der Waals surface area contributed by atoms with Gasteiger partial charge in [0.25, 0.3) is 5.91 Å². The maximum absolute atomic E-state index is 13.3. The van der Waals surface area contributed by atoms with E-state index in [1.165, 1.54) is 6.92 Å². The van der Waals surface area contributed by atoms with Crippen molar-refractivity contribution in [1.29, 1.82) is 0 Å². The van der Waals surface area contributed by atoms with Crippen LogP contribution in [0.2, 0.25) is 0 Å². The summed E-state index contributed by atoms with van der Waals surface area (Å²) in [6, 6.07) is -1.18. The zero-order valence-corrected chi connectivity index (χ0v) is 9.64.